The normalized spacial score (nSPS) is 10.8. The van der Waals surface area contributed by atoms with Crippen LogP contribution in [0.15, 0.2) is 77.3 Å². The molecule has 3 rings (SSSR count). The maximum absolute atomic E-state index is 12.3. The predicted molar refractivity (Wildman–Crippen MR) is 123 cm³/mol. The predicted octanol–water partition coefficient (Wildman–Crippen LogP) is 6.23. The second-order valence-electron chi connectivity index (χ2n) is 6.54. The Balaban J connectivity index is 1.77. The van der Waals surface area contributed by atoms with Gasteiger partial charge in [-0.1, -0.05) is 36.4 Å². The van der Waals surface area contributed by atoms with E-state index in [-0.39, 0.29) is 18.1 Å². The first-order valence-corrected chi connectivity index (χ1v) is 10.4. The highest BCUT2D eigenvalue weighted by molar-refractivity contribution is 9.10. The molecular weight excluding hydrogens is 462 g/mol. The molecule has 6 nitrogen and oxygen atoms in total. The number of nitro benzene ring substituents is 1. The summed E-state index contributed by atoms with van der Waals surface area (Å²) in [5.74, 6) is 0.963. The molecule has 0 aliphatic heterocycles. The minimum atomic E-state index is -0.441. The molecule has 3 aromatic rings. The molecule has 0 amide bonds. The zero-order valence-electron chi connectivity index (χ0n) is 16.8. The summed E-state index contributed by atoms with van der Waals surface area (Å²) in [5.41, 5.74) is 2.21. The number of hydrogen-bond donors (Lipinski definition) is 0. The molecule has 0 fully saturated rings. The molecule has 0 aliphatic carbocycles. The highest BCUT2D eigenvalue weighted by Crippen LogP contribution is 2.38. The van der Waals surface area contributed by atoms with Gasteiger partial charge in [-0.15, -0.1) is 0 Å². The minimum absolute atomic E-state index is 0.0288. The Morgan fingerprint density at radius 1 is 1.06 bits per heavy atom. The summed E-state index contributed by atoms with van der Waals surface area (Å²) in [7, 11) is 0. The van der Waals surface area contributed by atoms with E-state index in [4.69, 9.17) is 9.47 Å². The summed E-state index contributed by atoms with van der Waals surface area (Å²) in [5, 5.41) is 10.8. The lowest BCUT2D eigenvalue weighted by Crippen LogP contribution is -2.01. The van der Waals surface area contributed by atoms with Crippen LogP contribution in [0, 0.1) is 10.1 Å². The average molecular weight is 482 g/mol. The molecule has 0 radical (unpaired) electrons. The number of ketones is 1. The highest BCUT2D eigenvalue weighted by Gasteiger charge is 2.13. The molecular formula is C24H20BrNO5. The van der Waals surface area contributed by atoms with Crippen LogP contribution < -0.4 is 9.47 Å². The number of allylic oxidation sites excluding steroid dienone is 1. The van der Waals surface area contributed by atoms with Gasteiger partial charge in [0.15, 0.2) is 17.3 Å². The first-order chi connectivity index (χ1) is 15.0. The third-order valence-electron chi connectivity index (χ3n) is 4.35. The van der Waals surface area contributed by atoms with Crippen molar-refractivity contribution in [2.24, 2.45) is 0 Å². The van der Waals surface area contributed by atoms with E-state index in [9.17, 15) is 14.9 Å². The maximum atomic E-state index is 12.3. The summed E-state index contributed by atoms with van der Waals surface area (Å²) >= 11 is 3.51. The number of carbonyl (C=O) groups excluding carboxylic acids is 1. The molecule has 0 spiro atoms. The first kappa shape index (κ1) is 22.2. The van der Waals surface area contributed by atoms with Crippen LogP contribution in [-0.2, 0) is 6.61 Å². The summed E-state index contributed by atoms with van der Waals surface area (Å²) in [6, 6.07) is 18.9. The fraction of sp³-hybridized carbons (Fsp3) is 0.125. The lowest BCUT2D eigenvalue weighted by atomic mass is 10.1. The van der Waals surface area contributed by atoms with Crippen LogP contribution in [-0.4, -0.2) is 17.3 Å². The molecule has 0 unspecified atom stereocenters. The van der Waals surface area contributed by atoms with Gasteiger partial charge in [-0.2, -0.15) is 0 Å². The van der Waals surface area contributed by atoms with E-state index < -0.39 is 4.92 Å². The van der Waals surface area contributed by atoms with Crippen LogP contribution >= 0.6 is 15.9 Å². The van der Waals surface area contributed by atoms with E-state index in [2.05, 4.69) is 15.9 Å². The van der Waals surface area contributed by atoms with Gasteiger partial charge in [0.1, 0.15) is 6.61 Å². The van der Waals surface area contributed by atoms with Crippen molar-refractivity contribution in [3.05, 3.63) is 104 Å². The van der Waals surface area contributed by atoms with E-state index in [1.54, 1.807) is 36.4 Å². The number of nitrogens with zero attached hydrogens (tertiary/aromatic N) is 1. The summed E-state index contributed by atoms with van der Waals surface area (Å²) < 4.78 is 12.3. The zero-order chi connectivity index (χ0) is 22.2. The summed E-state index contributed by atoms with van der Waals surface area (Å²) in [6.45, 7) is 2.53. The number of non-ortho nitro benzene ring substituents is 1. The van der Waals surface area contributed by atoms with Crippen molar-refractivity contribution in [1.82, 2.24) is 0 Å². The van der Waals surface area contributed by atoms with Gasteiger partial charge in [0.25, 0.3) is 5.69 Å². The van der Waals surface area contributed by atoms with Crippen molar-refractivity contribution in [2.75, 3.05) is 6.61 Å². The van der Waals surface area contributed by atoms with Crippen LogP contribution in [0.25, 0.3) is 6.08 Å². The number of nitro groups is 1. The number of hydrogen-bond acceptors (Lipinski definition) is 5. The Kier molecular flexibility index (Phi) is 7.56. The average Bonchev–Trinajstić information content (AvgIpc) is 2.78. The number of ether oxygens (including phenoxy) is 2. The van der Waals surface area contributed by atoms with Gasteiger partial charge in [-0.3, -0.25) is 14.9 Å². The number of halogens is 1. The molecule has 7 heteroatoms. The Morgan fingerprint density at radius 2 is 1.77 bits per heavy atom. The van der Waals surface area contributed by atoms with Crippen LogP contribution in [0.5, 0.6) is 11.5 Å². The molecule has 0 saturated heterocycles. The van der Waals surface area contributed by atoms with Crippen LogP contribution in [0.1, 0.15) is 28.4 Å². The third-order valence-corrected chi connectivity index (χ3v) is 4.94. The molecule has 31 heavy (non-hydrogen) atoms. The lowest BCUT2D eigenvalue weighted by Gasteiger charge is -2.15. The Labute approximate surface area is 188 Å². The summed E-state index contributed by atoms with van der Waals surface area (Å²) in [6.07, 6.45) is 3.24. The molecule has 0 atom stereocenters. The monoisotopic (exact) mass is 481 g/mol. The fourth-order valence-corrected chi connectivity index (χ4v) is 3.40. The Morgan fingerprint density at radius 3 is 2.42 bits per heavy atom. The van der Waals surface area contributed by atoms with Crippen LogP contribution in [0.4, 0.5) is 5.69 Å². The van der Waals surface area contributed by atoms with E-state index in [0.717, 1.165) is 11.1 Å². The van der Waals surface area contributed by atoms with Crippen molar-refractivity contribution in [2.45, 2.75) is 13.5 Å². The molecule has 0 aliphatic rings. The molecule has 158 valence electrons. The SMILES string of the molecule is CCOc1cc(/C=C/C(=O)c2ccccc2)cc(Br)c1OCc1ccc([N+](=O)[O-])cc1. The fourth-order valence-electron chi connectivity index (χ4n) is 2.83. The smallest absolute Gasteiger partial charge is 0.269 e. The van der Waals surface area contributed by atoms with Crippen molar-refractivity contribution in [3.63, 3.8) is 0 Å². The van der Waals surface area contributed by atoms with E-state index >= 15 is 0 Å². The van der Waals surface area contributed by atoms with Gasteiger partial charge in [0.05, 0.1) is 16.0 Å². The Bertz CT molecular complexity index is 1090. The molecule has 0 heterocycles. The molecule has 0 saturated carbocycles. The van der Waals surface area contributed by atoms with Gasteiger partial charge in [-0.05, 0) is 64.3 Å². The quantitative estimate of drug-likeness (QED) is 0.156. The van der Waals surface area contributed by atoms with Gasteiger partial charge >= 0.3 is 0 Å². The largest absolute Gasteiger partial charge is 0.490 e. The molecule has 0 aromatic heterocycles. The topological polar surface area (TPSA) is 78.7 Å². The minimum Gasteiger partial charge on any atom is -0.490 e. The van der Waals surface area contributed by atoms with Gasteiger partial charge in [-0.25, -0.2) is 0 Å². The van der Waals surface area contributed by atoms with Gasteiger partial charge in [0.2, 0.25) is 0 Å². The van der Waals surface area contributed by atoms with E-state index in [1.807, 2.05) is 31.2 Å². The number of carbonyl (C=O) groups is 1. The standard InChI is InChI=1S/C24H20BrNO5/c1-2-30-23-15-18(10-13-22(27)19-6-4-3-5-7-19)14-21(25)24(23)31-16-17-8-11-20(12-9-17)26(28)29/h3-15H,2,16H2,1H3/b13-10+. The molecule has 0 N–H and O–H groups in total. The highest BCUT2D eigenvalue weighted by atomic mass is 79.9. The number of rotatable bonds is 9. The summed E-state index contributed by atoms with van der Waals surface area (Å²) in [4.78, 5) is 22.7. The van der Waals surface area contributed by atoms with Crippen molar-refractivity contribution < 1.29 is 19.2 Å². The maximum Gasteiger partial charge on any atom is 0.269 e. The van der Waals surface area contributed by atoms with Gasteiger partial charge in [0, 0.05) is 17.7 Å². The van der Waals surface area contributed by atoms with Crippen LogP contribution in [0.2, 0.25) is 0 Å². The van der Waals surface area contributed by atoms with Crippen LogP contribution in [0.3, 0.4) is 0 Å². The van der Waals surface area contributed by atoms with Gasteiger partial charge < -0.3 is 9.47 Å². The van der Waals surface area contributed by atoms with Crippen molar-refractivity contribution in [1.29, 1.82) is 0 Å². The second-order valence-corrected chi connectivity index (χ2v) is 7.39. The van der Waals surface area contributed by atoms with Crippen molar-refractivity contribution >= 4 is 33.5 Å². The third kappa shape index (κ3) is 6.02. The Hall–Kier alpha value is -3.45. The molecule has 0 bridgehead atoms. The van der Waals surface area contributed by atoms with E-state index in [1.165, 1.54) is 18.2 Å². The zero-order valence-corrected chi connectivity index (χ0v) is 18.4. The second kappa shape index (κ2) is 10.5. The van der Waals surface area contributed by atoms with E-state index in [0.29, 0.717) is 28.1 Å². The molecule has 3 aromatic carbocycles. The van der Waals surface area contributed by atoms with Crippen molar-refractivity contribution in [3.8, 4) is 11.5 Å². The lowest BCUT2D eigenvalue weighted by molar-refractivity contribution is -0.384. The first-order valence-electron chi connectivity index (χ1n) is 9.58. The number of benzene rings is 3.